The van der Waals surface area contributed by atoms with Crippen molar-refractivity contribution < 1.29 is 44.3 Å². The van der Waals surface area contributed by atoms with Crippen LogP contribution in [0.5, 0.6) is 0 Å². The van der Waals surface area contributed by atoms with Gasteiger partial charge in [-0.3, -0.25) is 0 Å². The van der Waals surface area contributed by atoms with E-state index in [0.29, 0.717) is 5.56 Å². The number of nitrogens with zero attached hydrogens (tertiary/aromatic N) is 3. The summed E-state index contributed by atoms with van der Waals surface area (Å²) in [6, 6.07) is 4.22. The molecule has 4 nitrogen and oxygen atoms in total. The zero-order valence-corrected chi connectivity index (χ0v) is 11.9. The first kappa shape index (κ1) is 20.9. The third-order valence-electron chi connectivity index (χ3n) is 2.99. The van der Waals surface area contributed by atoms with E-state index >= 15 is 0 Å². The van der Waals surface area contributed by atoms with E-state index in [9.17, 15) is 39.5 Å². The molecule has 0 saturated carbocycles. The fourth-order valence-corrected chi connectivity index (χ4v) is 1.77. The van der Waals surface area contributed by atoms with Crippen LogP contribution in [0.25, 0.3) is 10.4 Å². The van der Waals surface area contributed by atoms with Crippen LogP contribution in [0, 0.1) is 0 Å². The molecular weight excluding hydrogens is 373 g/mol. The lowest BCUT2D eigenvalue weighted by molar-refractivity contribution is -0.459. The van der Waals surface area contributed by atoms with Gasteiger partial charge >= 0.3 is 24.1 Å². The van der Waals surface area contributed by atoms with Gasteiger partial charge in [-0.05, 0) is 16.7 Å². The molecule has 0 N–H and O–H groups in total. The number of alkyl halides is 9. The molecule has 140 valence electrons. The number of benzene rings is 1. The van der Waals surface area contributed by atoms with Gasteiger partial charge in [-0.25, -0.2) is 0 Å². The number of halogens is 9. The Balaban J connectivity index is 3.14. The van der Waals surface area contributed by atoms with Crippen molar-refractivity contribution >= 4 is 0 Å². The Morgan fingerprint density at radius 2 is 1.20 bits per heavy atom. The highest BCUT2D eigenvalue weighted by Gasteiger charge is 2.85. The molecule has 0 bridgehead atoms. The third-order valence-corrected chi connectivity index (χ3v) is 2.99. The van der Waals surface area contributed by atoms with E-state index in [1.54, 1.807) is 0 Å². The van der Waals surface area contributed by atoms with Crippen molar-refractivity contribution in [2.75, 3.05) is 0 Å². The number of azide groups is 1. The van der Waals surface area contributed by atoms with Crippen LogP contribution in [0.2, 0.25) is 0 Å². The second-order valence-electron chi connectivity index (χ2n) is 4.67. The second kappa shape index (κ2) is 7.00. The predicted molar refractivity (Wildman–Crippen MR) is 65.0 cm³/mol. The van der Waals surface area contributed by atoms with Gasteiger partial charge in [-0.1, -0.05) is 29.4 Å². The van der Waals surface area contributed by atoms with Crippen LogP contribution >= 0.6 is 0 Å². The zero-order valence-electron chi connectivity index (χ0n) is 11.9. The fraction of sp³-hybridized carbons (Fsp3) is 0.500. The van der Waals surface area contributed by atoms with Gasteiger partial charge in [0.25, 0.3) is 0 Å². The maximum Gasteiger partial charge on any atom is 0.435 e. The van der Waals surface area contributed by atoms with Crippen LogP contribution in [0.15, 0.2) is 29.4 Å². The van der Waals surface area contributed by atoms with Crippen LogP contribution in [0.4, 0.5) is 39.5 Å². The molecule has 0 amide bonds. The SMILES string of the molecule is [N-]=[N+]=NCc1ccc(COC(C(F)(F)F)(C(F)(F)F)C(F)(F)F)cc1. The first-order valence-electron chi connectivity index (χ1n) is 6.19. The van der Waals surface area contributed by atoms with Crippen molar-refractivity contribution in [3.05, 3.63) is 45.8 Å². The van der Waals surface area contributed by atoms with Gasteiger partial charge in [0.2, 0.25) is 0 Å². The summed E-state index contributed by atoms with van der Waals surface area (Å²) < 4.78 is 117. The van der Waals surface area contributed by atoms with Crippen LogP contribution in [-0.2, 0) is 17.9 Å². The normalized spacial score (nSPS) is 13.5. The van der Waals surface area contributed by atoms with E-state index in [0.717, 1.165) is 24.3 Å². The van der Waals surface area contributed by atoms with Crippen molar-refractivity contribution in [3.8, 4) is 0 Å². The Labute approximate surface area is 133 Å². The summed E-state index contributed by atoms with van der Waals surface area (Å²) in [5.41, 5.74) is 1.77. The molecule has 0 aliphatic heterocycles. The molecule has 0 aromatic heterocycles. The molecule has 0 fully saturated rings. The number of ether oxygens (including phenoxy) is 1. The Morgan fingerprint density at radius 1 is 0.800 bits per heavy atom. The van der Waals surface area contributed by atoms with Crippen molar-refractivity contribution in [2.24, 2.45) is 5.11 Å². The molecule has 0 unspecified atom stereocenters. The summed E-state index contributed by atoms with van der Waals surface area (Å²) in [4.78, 5) is 2.43. The highest BCUT2D eigenvalue weighted by atomic mass is 19.4. The second-order valence-corrected chi connectivity index (χ2v) is 4.67. The summed E-state index contributed by atoms with van der Waals surface area (Å²) in [6.07, 6.45) is -20.3. The largest absolute Gasteiger partial charge is 0.435 e. The van der Waals surface area contributed by atoms with E-state index in [-0.39, 0.29) is 12.1 Å². The molecule has 0 atom stereocenters. The van der Waals surface area contributed by atoms with Gasteiger partial charge in [-0.2, -0.15) is 39.5 Å². The molecule has 1 aromatic rings. The monoisotopic (exact) mass is 381 g/mol. The Kier molecular flexibility index (Phi) is 5.85. The fourth-order valence-electron chi connectivity index (χ4n) is 1.77. The molecule has 0 saturated heterocycles. The molecular formula is C12H8F9N3O. The summed E-state index contributed by atoms with van der Waals surface area (Å²) >= 11 is 0. The first-order chi connectivity index (χ1) is 11.3. The van der Waals surface area contributed by atoms with Gasteiger partial charge < -0.3 is 4.74 Å². The van der Waals surface area contributed by atoms with E-state index in [1.165, 1.54) is 0 Å². The summed E-state index contributed by atoms with van der Waals surface area (Å²) in [6.45, 7) is -1.75. The third kappa shape index (κ3) is 4.28. The minimum absolute atomic E-state index is 0.158. The van der Waals surface area contributed by atoms with Gasteiger partial charge in [-0.15, -0.1) is 0 Å². The molecule has 1 rings (SSSR count). The summed E-state index contributed by atoms with van der Waals surface area (Å²) in [5, 5.41) is 3.16. The van der Waals surface area contributed by atoms with Gasteiger partial charge in [0.15, 0.2) is 0 Å². The summed E-state index contributed by atoms with van der Waals surface area (Å²) in [7, 11) is 0. The maximum atomic E-state index is 12.7. The van der Waals surface area contributed by atoms with Crippen molar-refractivity contribution in [2.45, 2.75) is 37.3 Å². The van der Waals surface area contributed by atoms with Crippen LogP contribution in [0.3, 0.4) is 0 Å². The standard InChI is InChI=1S/C12H8F9N3O/c13-10(14,15)9(11(16,17)18,12(19,20)21)25-6-8-3-1-7(2-4-8)5-23-24-22/h1-4H,5-6H2. The topological polar surface area (TPSA) is 58.0 Å². The Morgan fingerprint density at radius 3 is 1.56 bits per heavy atom. The van der Waals surface area contributed by atoms with E-state index in [2.05, 4.69) is 14.8 Å². The van der Waals surface area contributed by atoms with Crippen LogP contribution in [0.1, 0.15) is 11.1 Å². The highest BCUT2D eigenvalue weighted by Crippen LogP contribution is 2.55. The van der Waals surface area contributed by atoms with Gasteiger partial charge in [0, 0.05) is 4.91 Å². The average Bonchev–Trinajstić information content (AvgIpc) is 2.42. The minimum Gasteiger partial charge on any atom is -0.346 e. The van der Waals surface area contributed by atoms with Crippen molar-refractivity contribution in [1.82, 2.24) is 0 Å². The number of rotatable bonds is 5. The first-order valence-corrected chi connectivity index (χ1v) is 6.19. The quantitative estimate of drug-likeness (QED) is 0.290. The van der Waals surface area contributed by atoms with Crippen molar-refractivity contribution in [1.29, 1.82) is 0 Å². The molecule has 0 heterocycles. The van der Waals surface area contributed by atoms with E-state index < -0.39 is 30.7 Å². The predicted octanol–water partition coefficient (Wildman–Crippen LogP) is 5.44. The molecule has 13 heteroatoms. The van der Waals surface area contributed by atoms with Crippen molar-refractivity contribution in [3.63, 3.8) is 0 Å². The van der Waals surface area contributed by atoms with Crippen LogP contribution < -0.4 is 0 Å². The molecule has 0 aliphatic carbocycles. The molecule has 0 radical (unpaired) electrons. The maximum absolute atomic E-state index is 12.7. The lowest BCUT2D eigenvalue weighted by atomic mass is 10.0. The molecule has 25 heavy (non-hydrogen) atoms. The lowest BCUT2D eigenvalue weighted by Crippen LogP contribution is -2.67. The highest BCUT2D eigenvalue weighted by molar-refractivity contribution is 5.22. The molecule has 1 aromatic carbocycles. The molecule has 0 spiro atoms. The lowest BCUT2D eigenvalue weighted by Gasteiger charge is -2.38. The number of hydrogen-bond acceptors (Lipinski definition) is 2. The van der Waals surface area contributed by atoms with Gasteiger partial charge in [0.1, 0.15) is 0 Å². The minimum atomic E-state index is -6.77. The van der Waals surface area contributed by atoms with E-state index in [1.807, 2.05) is 0 Å². The average molecular weight is 381 g/mol. The van der Waals surface area contributed by atoms with E-state index in [4.69, 9.17) is 5.53 Å². The molecule has 0 aliphatic rings. The number of hydrogen-bond donors (Lipinski definition) is 0. The smallest absolute Gasteiger partial charge is 0.346 e. The Hall–Kier alpha value is -2.14. The van der Waals surface area contributed by atoms with Gasteiger partial charge in [0.05, 0.1) is 13.2 Å². The van der Waals surface area contributed by atoms with Crippen LogP contribution in [-0.4, -0.2) is 24.1 Å². The summed E-state index contributed by atoms with van der Waals surface area (Å²) in [5.74, 6) is 0. The zero-order chi connectivity index (χ0) is 19.5. The Bertz CT molecular complexity index is 591.